The van der Waals surface area contributed by atoms with Crippen molar-refractivity contribution in [2.75, 3.05) is 0 Å². The number of Topliss-reactive ketones (excluding diaryl/α,β-unsaturated/α-hetero) is 2. The summed E-state index contributed by atoms with van der Waals surface area (Å²) in [7, 11) is 0. The molecule has 0 aliphatic carbocycles. The van der Waals surface area contributed by atoms with E-state index in [2.05, 4.69) is 63.7 Å². The third-order valence-electron chi connectivity index (χ3n) is 2.46. The monoisotopic (exact) mass is 522 g/mol. The van der Waals surface area contributed by atoms with Crippen LogP contribution in [-0.2, 0) is 0 Å². The van der Waals surface area contributed by atoms with Gasteiger partial charge in [0.2, 0.25) is 11.6 Å². The number of benzene rings is 2. The summed E-state index contributed by atoms with van der Waals surface area (Å²) < 4.78 is 2.94. The third kappa shape index (κ3) is 3.87. The summed E-state index contributed by atoms with van der Waals surface area (Å²) in [6.07, 6.45) is 0. The lowest BCUT2D eigenvalue weighted by atomic mass is 10.0. The van der Waals surface area contributed by atoms with Crippen LogP contribution in [0.3, 0.4) is 0 Å². The summed E-state index contributed by atoms with van der Waals surface area (Å²) in [4.78, 5) is 24.5. The highest BCUT2D eigenvalue weighted by Crippen LogP contribution is 2.24. The Morgan fingerprint density at radius 3 is 1.05 bits per heavy atom. The van der Waals surface area contributed by atoms with Crippen LogP contribution in [0.4, 0.5) is 0 Å². The van der Waals surface area contributed by atoms with Gasteiger partial charge in [0, 0.05) is 29.0 Å². The van der Waals surface area contributed by atoms with Gasteiger partial charge in [0.25, 0.3) is 0 Å². The van der Waals surface area contributed by atoms with Crippen LogP contribution in [0.1, 0.15) is 20.7 Å². The molecule has 0 spiro atoms. The quantitative estimate of drug-likeness (QED) is 0.375. The molecule has 20 heavy (non-hydrogen) atoms. The molecule has 2 nitrogen and oxygen atoms in total. The molecule has 0 aliphatic heterocycles. The van der Waals surface area contributed by atoms with E-state index in [4.69, 9.17) is 0 Å². The fourth-order valence-electron chi connectivity index (χ4n) is 1.63. The molecular weight excluding hydrogens is 520 g/mol. The van der Waals surface area contributed by atoms with Crippen molar-refractivity contribution in [3.05, 3.63) is 65.4 Å². The second-order valence-corrected chi connectivity index (χ2v) is 7.64. The standard InChI is InChI=1S/C14H6Br4O2/c15-9-1-7(2-10(16)5-9)13(19)14(20)8-3-11(17)6-12(18)4-8/h1-6H. The Balaban J connectivity index is 2.39. The minimum absolute atomic E-state index is 0.340. The summed E-state index contributed by atoms with van der Waals surface area (Å²) in [5.41, 5.74) is 0.680. The van der Waals surface area contributed by atoms with Crippen LogP contribution in [0.2, 0.25) is 0 Å². The number of halogens is 4. The lowest BCUT2D eigenvalue weighted by Crippen LogP contribution is -2.14. The van der Waals surface area contributed by atoms with Gasteiger partial charge in [-0.2, -0.15) is 0 Å². The van der Waals surface area contributed by atoms with Crippen molar-refractivity contribution in [2.45, 2.75) is 0 Å². The zero-order valence-corrected chi connectivity index (χ0v) is 16.1. The highest BCUT2D eigenvalue weighted by Gasteiger charge is 2.19. The summed E-state index contributed by atoms with van der Waals surface area (Å²) >= 11 is 13.2. The molecule has 0 heterocycles. The fourth-order valence-corrected chi connectivity index (χ4v) is 4.22. The molecular formula is C14H6Br4O2. The smallest absolute Gasteiger partial charge is 0.233 e. The van der Waals surface area contributed by atoms with Gasteiger partial charge in [-0.3, -0.25) is 9.59 Å². The zero-order valence-electron chi connectivity index (χ0n) is 9.79. The van der Waals surface area contributed by atoms with E-state index in [1.54, 1.807) is 36.4 Å². The maximum absolute atomic E-state index is 12.3. The molecule has 0 fully saturated rings. The van der Waals surface area contributed by atoms with Gasteiger partial charge in [0.05, 0.1) is 0 Å². The lowest BCUT2D eigenvalue weighted by molar-refractivity contribution is 0.0817. The van der Waals surface area contributed by atoms with Crippen LogP contribution in [0.25, 0.3) is 0 Å². The number of carbonyl (C=O) groups is 2. The van der Waals surface area contributed by atoms with E-state index in [9.17, 15) is 9.59 Å². The number of ketones is 2. The molecule has 2 aromatic rings. The molecule has 0 aliphatic rings. The Hall–Kier alpha value is -0.300. The maximum atomic E-state index is 12.3. The summed E-state index contributed by atoms with van der Waals surface area (Å²) in [5, 5.41) is 0. The van der Waals surface area contributed by atoms with Crippen LogP contribution < -0.4 is 0 Å². The predicted octanol–water partition coefficient (Wildman–Crippen LogP) is 5.80. The van der Waals surface area contributed by atoms with Gasteiger partial charge in [-0.1, -0.05) is 63.7 Å². The average molecular weight is 526 g/mol. The Labute approximate surface area is 149 Å². The molecule has 0 aromatic heterocycles. The van der Waals surface area contributed by atoms with Crippen LogP contribution >= 0.6 is 63.7 Å². The average Bonchev–Trinajstić information content (AvgIpc) is 2.34. The Kier molecular flexibility index (Phi) is 5.34. The number of rotatable bonds is 3. The first-order valence-corrected chi connectivity index (χ1v) is 8.55. The Morgan fingerprint density at radius 1 is 0.550 bits per heavy atom. The van der Waals surface area contributed by atoms with Gasteiger partial charge in [-0.25, -0.2) is 0 Å². The van der Waals surface area contributed by atoms with Crippen molar-refractivity contribution < 1.29 is 9.59 Å². The van der Waals surface area contributed by atoms with E-state index in [0.717, 1.165) is 17.9 Å². The molecule has 102 valence electrons. The van der Waals surface area contributed by atoms with E-state index < -0.39 is 11.6 Å². The van der Waals surface area contributed by atoms with Gasteiger partial charge in [0.1, 0.15) is 0 Å². The topological polar surface area (TPSA) is 34.1 Å². The molecule has 0 N–H and O–H groups in total. The first-order chi connectivity index (χ1) is 9.36. The molecule has 6 heteroatoms. The highest BCUT2D eigenvalue weighted by molar-refractivity contribution is 9.11. The number of hydrogen-bond acceptors (Lipinski definition) is 2. The van der Waals surface area contributed by atoms with Crippen molar-refractivity contribution in [1.82, 2.24) is 0 Å². The molecule has 0 amide bonds. The second-order valence-electron chi connectivity index (χ2n) is 3.97. The van der Waals surface area contributed by atoms with Crippen LogP contribution in [0.15, 0.2) is 54.3 Å². The fraction of sp³-hybridized carbons (Fsp3) is 0. The molecule has 0 radical (unpaired) electrons. The molecule has 2 rings (SSSR count). The molecule has 2 aromatic carbocycles. The molecule has 0 unspecified atom stereocenters. The van der Waals surface area contributed by atoms with Crippen LogP contribution in [-0.4, -0.2) is 11.6 Å². The van der Waals surface area contributed by atoms with Crippen molar-refractivity contribution in [2.24, 2.45) is 0 Å². The van der Waals surface area contributed by atoms with Crippen molar-refractivity contribution in [1.29, 1.82) is 0 Å². The maximum Gasteiger partial charge on any atom is 0.233 e. The predicted molar refractivity (Wildman–Crippen MR) is 92.3 cm³/mol. The second kappa shape index (κ2) is 6.64. The van der Waals surface area contributed by atoms with E-state index in [0.29, 0.717) is 11.1 Å². The summed E-state index contributed by atoms with van der Waals surface area (Å²) in [6.45, 7) is 0. The minimum Gasteiger partial charge on any atom is -0.285 e. The summed E-state index contributed by atoms with van der Waals surface area (Å²) in [5.74, 6) is -1.09. The van der Waals surface area contributed by atoms with Gasteiger partial charge in [0.15, 0.2) is 0 Å². The molecule has 0 saturated carbocycles. The molecule has 0 atom stereocenters. The number of carbonyl (C=O) groups excluding carboxylic acids is 2. The van der Waals surface area contributed by atoms with Crippen molar-refractivity contribution >= 4 is 75.3 Å². The van der Waals surface area contributed by atoms with E-state index in [1.165, 1.54) is 0 Å². The van der Waals surface area contributed by atoms with Crippen LogP contribution in [0.5, 0.6) is 0 Å². The SMILES string of the molecule is O=C(C(=O)c1cc(Br)cc(Br)c1)c1cc(Br)cc(Br)c1. The minimum atomic E-state index is -0.544. The van der Waals surface area contributed by atoms with Gasteiger partial charge < -0.3 is 0 Å². The van der Waals surface area contributed by atoms with Crippen LogP contribution in [0, 0.1) is 0 Å². The Bertz CT molecular complexity index is 608. The lowest BCUT2D eigenvalue weighted by Gasteiger charge is -2.04. The van der Waals surface area contributed by atoms with Crippen molar-refractivity contribution in [3.8, 4) is 0 Å². The van der Waals surface area contributed by atoms with E-state index in [-0.39, 0.29) is 0 Å². The van der Waals surface area contributed by atoms with E-state index >= 15 is 0 Å². The normalized spacial score (nSPS) is 10.4. The van der Waals surface area contributed by atoms with Gasteiger partial charge >= 0.3 is 0 Å². The zero-order chi connectivity index (χ0) is 14.9. The van der Waals surface area contributed by atoms with Crippen molar-refractivity contribution in [3.63, 3.8) is 0 Å². The third-order valence-corrected chi connectivity index (χ3v) is 4.29. The first kappa shape index (κ1) is 16.1. The van der Waals surface area contributed by atoms with Gasteiger partial charge in [-0.05, 0) is 36.4 Å². The largest absolute Gasteiger partial charge is 0.285 e. The van der Waals surface area contributed by atoms with Gasteiger partial charge in [-0.15, -0.1) is 0 Å². The highest BCUT2D eigenvalue weighted by atomic mass is 79.9. The number of hydrogen-bond donors (Lipinski definition) is 0. The molecule has 0 saturated heterocycles. The Morgan fingerprint density at radius 2 is 0.800 bits per heavy atom. The summed E-state index contributed by atoms with van der Waals surface area (Å²) in [6, 6.07) is 10.1. The van der Waals surface area contributed by atoms with E-state index in [1.807, 2.05) is 0 Å². The first-order valence-electron chi connectivity index (χ1n) is 5.38. The molecule has 0 bridgehead atoms.